The predicted octanol–water partition coefficient (Wildman–Crippen LogP) is 2.34. The highest BCUT2D eigenvalue weighted by Gasteiger charge is 2.22. The molecule has 1 fully saturated rings. The molecule has 2 amide bonds. The third-order valence-corrected chi connectivity index (χ3v) is 3.31. The summed E-state index contributed by atoms with van der Waals surface area (Å²) in [5, 5.41) is 2.89. The lowest BCUT2D eigenvalue weighted by Crippen LogP contribution is -2.26. The first-order valence-electron chi connectivity index (χ1n) is 6.91. The zero-order chi connectivity index (χ0) is 13.7. The largest absolute Gasteiger partial charge is 0.352 e. The van der Waals surface area contributed by atoms with E-state index in [1.54, 1.807) is 17.0 Å². The molecule has 1 aliphatic heterocycles. The van der Waals surface area contributed by atoms with Gasteiger partial charge in [-0.25, -0.2) is 0 Å². The molecule has 4 nitrogen and oxygen atoms in total. The fourth-order valence-electron chi connectivity index (χ4n) is 2.22. The van der Waals surface area contributed by atoms with Crippen LogP contribution in [0.5, 0.6) is 0 Å². The Hall–Kier alpha value is -1.84. The van der Waals surface area contributed by atoms with E-state index in [9.17, 15) is 9.59 Å². The lowest BCUT2D eigenvalue weighted by atomic mass is 10.1. The van der Waals surface area contributed by atoms with E-state index in [1.807, 2.05) is 12.1 Å². The maximum absolute atomic E-state index is 12.0. The van der Waals surface area contributed by atoms with Crippen LogP contribution >= 0.6 is 0 Å². The van der Waals surface area contributed by atoms with Gasteiger partial charge in [0.15, 0.2) is 0 Å². The lowest BCUT2D eigenvalue weighted by Gasteiger charge is -2.16. The molecule has 1 aromatic rings. The second-order valence-electron chi connectivity index (χ2n) is 4.81. The Morgan fingerprint density at radius 2 is 2.26 bits per heavy atom. The van der Waals surface area contributed by atoms with Crippen LogP contribution in [0.2, 0.25) is 0 Å². The second kappa shape index (κ2) is 6.36. The zero-order valence-electron chi connectivity index (χ0n) is 11.3. The molecule has 1 aliphatic rings. The number of amides is 2. The number of anilines is 1. The molecule has 2 rings (SSSR count). The molecule has 0 atom stereocenters. The van der Waals surface area contributed by atoms with Gasteiger partial charge in [0.2, 0.25) is 5.91 Å². The van der Waals surface area contributed by atoms with Crippen molar-refractivity contribution in [1.82, 2.24) is 5.32 Å². The van der Waals surface area contributed by atoms with E-state index in [-0.39, 0.29) is 11.8 Å². The first-order chi connectivity index (χ1) is 9.22. The van der Waals surface area contributed by atoms with Gasteiger partial charge in [0.1, 0.15) is 0 Å². The van der Waals surface area contributed by atoms with Crippen LogP contribution in [0.15, 0.2) is 24.3 Å². The van der Waals surface area contributed by atoms with Gasteiger partial charge in [-0.15, -0.1) is 0 Å². The zero-order valence-corrected chi connectivity index (χ0v) is 11.3. The van der Waals surface area contributed by atoms with Crippen molar-refractivity contribution in [2.75, 3.05) is 18.0 Å². The monoisotopic (exact) mass is 260 g/mol. The minimum atomic E-state index is -0.0676. The highest BCUT2D eigenvalue weighted by molar-refractivity contribution is 5.99. The van der Waals surface area contributed by atoms with Gasteiger partial charge in [-0.1, -0.05) is 19.4 Å². The van der Waals surface area contributed by atoms with Crippen molar-refractivity contribution in [2.24, 2.45) is 0 Å². The van der Waals surface area contributed by atoms with E-state index >= 15 is 0 Å². The van der Waals surface area contributed by atoms with Gasteiger partial charge in [-0.3, -0.25) is 9.59 Å². The summed E-state index contributed by atoms with van der Waals surface area (Å²) in [5.41, 5.74) is 1.44. The fourth-order valence-corrected chi connectivity index (χ4v) is 2.22. The molecule has 1 heterocycles. The van der Waals surface area contributed by atoms with Crippen LogP contribution < -0.4 is 10.2 Å². The second-order valence-corrected chi connectivity index (χ2v) is 4.81. The van der Waals surface area contributed by atoms with Crippen LogP contribution in [0, 0.1) is 0 Å². The molecule has 102 valence electrons. The third-order valence-electron chi connectivity index (χ3n) is 3.31. The summed E-state index contributed by atoms with van der Waals surface area (Å²) in [4.78, 5) is 25.4. The van der Waals surface area contributed by atoms with Crippen molar-refractivity contribution < 1.29 is 9.59 Å². The molecule has 0 bridgehead atoms. The number of rotatable bonds is 5. The quantitative estimate of drug-likeness (QED) is 0.826. The van der Waals surface area contributed by atoms with Gasteiger partial charge in [-0.2, -0.15) is 0 Å². The minimum absolute atomic E-state index is 0.0676. The first kappa shape index (κ1) is 13.6. The number of unbranched alkanes of at least 4 members (excludes halogenated alkanes) is 1. The molecule has 19 heavy (non-hydrogen) atoms. The average Bonchev–Trinajstić information content (AvgIpc) is 2.85. The Balaban J connectivity index is 2.06. The summed E-state index contributed by atoms with van der Waals surface area (Å²) in [7, 11) is 0. The van der Waals surface area contributed by atoms with Gasteiger partial charge in [0.25, 0.3) is 5.91 Å². The van der Waals surface area contributed by atoms with E-state index in [4.69, 9.17) is 0 Å². The molecule has 0 aromatic heterocycles. The van der Waals surface area contributed by atoms with Crippen LogP contribution in [0.4, 0.5) is 5.69 Å². The van der Waals surface area contributed by atoms with E-state index < -0.39 is 0 Å². The highest BCUT2D eigenvalue weighted by Crippen LogP contribution is 2.22. The summed E-state index contributed by atoms with van der Waals surface area (Å²) < 4.78 is 0. The normalized spacial score (nSPS) is 14.8. The van der Waals surface area contributed by atoms with Crippen molar-refractivity contribution in [3.63, 3.8) is 0 Å². The van der Waals surface area contributed by atoms with E-state index in [1.165, 1.54) is 0 Å². The molecule has 4 heteroatoms. The van der Waals surface area contributed by atoms with Crippen LogP contribution in [0.3, 0.4) is 0 Å². The van der Waals surface area contributed by atoms with Crippen molar-refractivity contribution in [1.29, 1.82) is 0 Å². The minimum Gasteiger partial charge on any atom is -0.352 e. The molecular weight excluding hydrogens is 240 g/mol. The average molecular weight is 260 g/mol. The van der Waals surface area contributed by atoms with Crippen LogP contribution in [0.1, 0.15) is 43.0 Å². The fraction of sp³-hybridized carbons (Fsp3) is 0.467. The van der Waals surface area contributed by atoms with Crippen LogP contribution in [-0.2, 0) is 4.79 Å². The summed E-state index contributed by atoms with van der Waals surface area (Å²) >= 11 is 0. The lowest BCUT2D eigenvalue weighted by molar-refractivity contribution is -0.117. The van der Waals surface area contributed by atoms with Crippen molar-refractivity contribution >= 4 is 17.5 Å². The molecule has 1 N–H and O–H groups in total. The van der Waals surface area contributed by atoms with E-state index in [0.29, 0.717) is 18.5 Å². The van der Waals surface area contributed by atoms with Gasteiger partial charge in [-0.05, 0) is 31.0 Å². The van der Waals surface area contributed by atoms with Crippen molar-refractivity contribution in [3.8, 4) is 0 Å². The first-order valence-corrected chi connectivity index (χ1v) is 6.91. The van der Waals surface area contributed by atoms with Gasteiger partial charge in [0, 0.05) is 30.8 Å². The Morgan fingerprint density at radius 3 is 2.95 bits per heavy atom. The molecule has 0 saturated carbocycles. The number of carbonyl (C=O) groups is 2. The number of hydrogen-bond donors (Lipinski definition) is 1. The summed E-state index contributed by atoms with van der Waals surface area (Å²) in [6.07, 6.45) is 3.54. The predicted molar refractivity (Wildman–Crippen MR) is 75.3 cm³/mol. The molecule has 0 spiro atoms. The molecular formula is C15H20N2O2. The van der Waals surface area contributed by atoms with Gasteiger partial charge in [0.05, 0.1) is 0 Å². The Labute approximate surface area is 113 Å². The highest BCUT2D eigenvalue weighted by atomic mass is 16.2. The van der Waals surface area contributed by atoms with Crippen molar-refractivity contribution in [2.45, 2.75) is 32.6 Å². The SMILES string of the molecule is CCCCNC(=O)c1cccc(N2CCCC2=O)c1. The van der Waals surface area contributed by atoms with Gasteiger partial charge >= 0.3 is 0 Å². The Bertz CT molecular complexity index is 471. The smallest absolute Gasteiger partial charge is 0.251 e. The van der Waals surface area contributed by atoms with Crippen molar-refractivity contribution in [3.05, 3.63) is 29.8 Å². The Morgan fingerprint density at radius 1 is 1.42 bits per heavy atom. The summed E-state index contributed by atoms with van der Waals surface area (Å²) in [6.45, 7) is 3.54. The molecule has 1 aromatic carbocycles. The maximum Gasteiger partial charge on any atom is 0.251 e. The standard InChI is InChI=1S/C15H20N2O2/c1-2-3-9-16-15(19)12-6-4-7-13(11-12)17-10-5-8-14(17)18/h4,6-7,11H,2-3,5,8-10H2,1H3,(H,16,19). The number of nitrogens with one attached hydrogen (secondary N) is 1. The van der Waals surface area contributed by atoms with Crippen LogP contribution in [0.25, 0.3) is 0 Å². The maximum atomic E-state index is 12.0. The number of hydrogen-bond acceptors (Lipinski definition) is 2. The van der Waals surface area contributed by atoms with E-state index in [2.05, 4.69) is 12.2 Å². The number of benzene rings is 1. The molecule has 1 saturated heterocycles. The molecule has 0 radical (unpaired) electrons. The summed E-state index contributed by atoms with van der Waals surface area (Å²) in [5.74, 6) is 0.0745. The topological polar surface area (TPSA) is 49.4 Å². The number of carbonyl (C=O) groups excluding carboxylic acids is 2. The third kappa shape index (κ3) is 3.34. The molecule has 0 aliphatic carbocycles. The summed E-state index contributed by atoms with van der Waals surface area (Å²) in [6, 6.07) is 7.29. The number of nitrogens with zero attached hydrogens (tertiary/aromatic N) is 1. The van der Waals surface area contributed by atoms with Gasteiger partial charge < -0.3 is 10.2 Å². The van der Waals surface area contributed by atoms with Crippen LogP contribution in [-0.4, -0.2) is 24.9 Å². The molecule has 0 unspecified atom stereocenters. The Kier molecular flexibility index (Phi) is 4.55. The van der Waals surface area contributed by atoms with E-state index in [0.717, 1.165) is 31.5 Å².